The van der Waals surface area contributed by atoms with Crippen molar-refractivity contribution in [2.75, 3.05) is 30.4 Å². The minimum atomic E-state index is -2.87. The third-order valence-electron chi connectivity index (χ3n) is 5.62. The molecule has 172 valence electrons. The first kappa shape index (κ1) is 22.7. The van der Waals surface area contributed by atoms with E-state index in [-0.39, 0.29) is 41.7 Å². The Morgan fingerprint density at radius 1 is 1.15 bits per heavy atom. The molecule has 4 rings (SSSR count). The highest BCUT2D eigenvalue weighted by Gasteiger charge is 2.40. The van der Waals surface area contributed by atoms with Crippen molar-refractivity contribution in [3.63, 3.8) is 0 Å². The zero-order valence-electron chi connectivity index (χ0n) is 18.2. The van der Waals surface area contributed by atoms with Crippen molar-refractivity contribution in [2.24, 2.45) is 0 Å². The zero-order valence-corrected chi connectivity index (χ0v) is 18.2. The van der Waals surface area contributed by atoms with Crippen molar-refractivity contribution >= 4 is 17.4 Å². The van der Waals surface area contributed by atoms with Gasteiger partial charge in [-0.2, -0.15) is 0 Å². The Hall–Kier alpha value is -3.46. The molecule has 1 fully saturated rings. The number of anilines is 2. The van der Waals surface area contributed by atoms with Crippen LogP contribution in [0.5, 0.6) is 0 Å². The van der Waals surface area contributed by atoms with E-state index in [0.29, 0.717) is 11.3 Å². The van der Waals surface area contributed by atoms with Crippen LogP contribution in [0, 0.1) is 5.82 Å². The largest absolute Gasteiger partial charge is 0.375 e. The van der Waals surface area contributed by atoms with Crippen LogP contribution in [0.4, 0.5) is 24.7 Å². The molecule has 0 aliphatic carbocycles. The molecule has 2 aromatic heterocycles. The molecule has 1 aliphatic rings. The number of aromatic nitrogens is 2. The van der Waals surface area contributed by atoms with Gasteiger partial charge in [-0.3, -0.25) is 9.78 Å². The van der Waals surface area contributed by atoms with Gasteiger partial charge in [-0.25, -0.2) is 18.2 Å². The summed E-state index contributed by atoms with van der Waals surface area (Å²) in [4.78, 5) is 23.0. The predicted octanol–water partition coefficient (Wildman–Crippen LogP) is 5.09. The minimum Gasteiger partial charge on any atom is -0.375 e. The fourth-order valence-corrected chi connectivity index (χ4v) is 3.72. The average molecular weight is 456 g/mol. The number of hydrogen-bond acceptors (Lipinski definition) is 5. The topological polar surface area (TPSA) is 67.3 Å². The van der Waals surface area contributed by atoms with E-state index in [0.717, 1.165) is 0 Å². The fourth-order valence-electron chi connectivity index (χ4n) is 3.72. The lowest BCUT2D eigenvalue weighted by Gasteiger charge is -2.23. The molecule has 3 heterocycles. The lowest BCUT2D eigenvalue weighted by molar-refractivity contribution is 0.0257. The van der Waals surface area contributed by atoms with Crippen LogP contribution in [0.25, 0.3) is 11.1 Å². The maximum absolute atomic E-state index is 14.6. The Morgan fingerprint density at radius 3 is 2.58 bits per heavy atom. The van der Waals surface area contributed by atoms with Gasteiger partial charge in [0.1, 0.15) is 5.82 Å². The summed E-state index contributed by atoms with van der Waals surface area (Å²) in [6.45, 7) is 1.36. The van der Waals surface area contributed by atoms with Gasteiger partial charge in [0.25, 0.3) is 11.8 Å². The Labute approximate surface area is 189 Å². The summed E-state index contributed by atoms with van der Waals surface area (Å²) in [7, 11) is 1.56. The van der Waals surface area contributed by atoms with Crippen molar-refractivity contribution in [3.05, 3.63) is 71.9 Å². The first-order valence-electron chi connectivity index (χ1n) is 10.5. The summed E-state index contributed by atoms with van der Waals surface area (Å²) in [5.74, 6) is -3.72. The maximum Gasteiger partial charge on any atom is 0.266 e. The molecule has 0 bridgehead atoms. The second kappa shape index (κ2) is 9.19. The summed E-state index contributed by atoms with van der Waals surface area (Å²) in [5, 5.41) is 2.76. The number of amides is 1. The molecule has 1 atom stereocenters. The van der Waals surface area contributed by atoms with Crippen molar-refractivity contribution in [3.8, 4) is 11.1 Å². The maximum atomic E-state index is 14.6. The Kier molecular flexibility index (Phi) is 6.33. The van der Waals surface area contributed by atoms with Crippen LogP contribution < -0.4 is 10.2 Å². The van der Waals surface area contributed by atoms with Gasteiger partial charge < -0.3 is 15.0 Å². The van der Waals surface area contributed by atoms with E-state index >= 15 is 0 Å². The van der Waals surface area contributed by atoms with Gasteiger partial charge in [-0.15, -0.1) is 0 Å². The molecule has 33 heavy (non-hydrogen) atoms. The number of halogens is 3. The summed E-state index contributed by atoms with van der Waals surface area (Å²) in [6, 6.07) is 10.9. The van der Waals surface area contributed by atoms with Crippen molar-refractivity contribution in [2.45, 2.75) is 25.4 Å². The molecule has 1 saturated heterocycles. The van der Waals surface area contributed by atoms with Gasteiger partial charge in [0.15, 0.2) is 5.82 Å². The number of pyridine rings is 2. The van der Waals surface area contributed by atoms with Crippen molar-refractivity contribution in [1.29, 1.82) is 0 Å². The highest BCUT2D eigenvalue weighted by Crippen LogP contribution is 2.39. The number of carbonyl (C=O) groups is 1. The van der Waals surface area contributed by atoms with Crippen molar-refractivity contribution < 1.29 is 22.7 Å². The van der Waals surface area contributed by atoms with E-state index < -0.39 is 24.2 Å². The van der Waals surface area contributed by atoms with Crippen LogP contribution in [0.3, 0.4) is 0 Å². The quantitative estimate of drug-likeness (QED) is 0.560. The summed E-state index contributed by atoms with van der Waals surface area (Å²) >= 11 is 0. The van der Waals surface area contributed by atoms with Crippen LogP contribution in [-0.2, 0) is 4.74 Å². The van der Waals surface area contributed by atoms with Crippen LogP contribution >= 0.6 is 0 Å². The van der Waals surface area contributed by atoms with E-state index in [1.807, 2.05) is 6.92 Å². The number of nitrogens with one attached hydrogen (secondary N) is 1. The number of benzene rings is 1. The van der Waals surface area contributed by atoms with Crippen LogP contribution in [-0.4, -0.2) is 42.0 Å². The Balaban J connectivity index is 1.73. The monoisotopic (exact) mass is 456 g/mol. The van der Waals surface area contributed by atoms with Gasteiger partial charge in [0.05, 0.1) is 29.6 Å². The number of alkyl halides is 2. The van der Waals surface area contributed by atoms with Gasteiger partial charge in [-0.05, 0) is 31.2 Å². The molecule has 1 aromatic carbocycles. The second-order valence-electron chi connectivity index (χ2n) is 7.87. The summed E-state index contributed by atoms with van der Waals surface area (Å²) < 4.78 is 47.7. The van der Waals surface area contributed by atoms with E-state index in [4.69, 9.17) is 4.74 Å². The second-order valence-corrected chi connectivity index (χ2v) is 7.87. The van der Waals surface area contributed by atoms with E-state index in [2.05, 4.69) is 15.3 Å². The third kappa shape index (κ3) is 4.83. The van der Waals surface area contributed by atoms with Crippen LogP contribution in [0.2, 0.25) is 0 Å². The lowest BCUT2D eigenvalue weighted by atomic mass is 10.0. The zero-order chi connectivity index (χ0) is 23.6. The Morgan fingerprint density at radius 2 is 1.94 bits per heavy atom. The van der Waals surface area contributed by atoms with Gasteiger partial charge in [0.2, 0.25) is 0 Å². The summed E-state index contributed by atoms with van der Waals surface area (Å²) in [6.07, 6.45) is 2.26. The number of rotatable bonds is 6. The smallest absolute Gasteiger partial charge is 0.266 e. The van der Waals surface area contributed by atoms with E-state index in [1.165, 1.54) is 23.4 Å². The molecule has 1 unspecified atom stereocenters. The Bertz CT molecular complexity index is 1150. The fraction of sp³-hybridized carbons (Fsp3) is 0.292. The molecule has 6 nitrogen and oxygen atoms in total. The van der Waals surface area contributed by atoms with Crippen LogP contribution in [0.1, 0.15) is 35.5 Å². The van der Waals surface area contributed by atoms with Gasteiger partial charge in [0, 0.05) is 43.6 Å². The van der Waals surface area contributed by atoms with Crippen LogP contribution in [0.15, 0.2) is 54.9 Å². The number of nitrogens with zero attached hydrogens (tertiary/aromatic N) is 3. The molecule has 0 saturated carbocycles. The molecule has 1 aliphatic heterocycles. The number of ether oxygens (including phenoxy) is 1. The number of hydrogen-bond donors (Lipinski definition) is 1. The van der Waals surface area contributed by atoms with Gasteiger partial charge in [-0.1, -0.05) is 18.2 Å². The normalized spacial score (nSPS) is 16.0. The lowest BCUT2D eigenvalue weighted by Crippen LogP contribution is -2.27. The predicted molar refractivity (Wildman–Crippen MR) is 119 cm³/mol. The van der Waals surface area contributed by atoms with Gasteiger partial charge >= 0.3 is 0 Å². The first-order valence-corrected chi connectivity index (χ1v) is 10.5. The van der Waals surface area contributed by atoms with E-state index in [9.17, 15) is 18.0 Å². The molecule has 0 spiro atoms. The highest BCUT2D eigenvalue weighted by atomic mass is 19.3. The standard InChI is InChI=1S/C24H23F3N4O2/c1-15(33-2)20-8-7-16(13-29-20)23(32)30-21-18(17-5-3-4-6-19(17)25)9-11-28-22(21)31-12-10-24(26,27)14-31/h3-9,11,13,15H,10,12,14H2,1-2H3,(H,30,32). The van der Waals surface area contributed by atoms with Crippen molar-refractivity contribution in [1.82, 2.24) is 9.97 Å². The molecule has 9 heteroatoms. The molecule has 3 aromatic rings. The molecule has 1 N–H and O–H groups in total. The molecule has 1 amide bonds. The van der Waals surface area contributed by atoms with E-state index in [1.54, 1.807) is 43.5 Å². The third-order valence-corrected chi connectivity index (χ3v) is 5.62. The molecule has 0 radical (unpaired) electrons. The average Bonchev–Trinajstić information content (AvgIpc) is 3.18. The number of methoxy groups -OCH3 is 1. The number of carbonyl (C=O) groups excluding carboxylic acids is 1. The highest BCUT2D eigenvalue weighted by molar-refractivity contribution is 6.08. The summed E-state index contributed by atoms with van der Waals surface area (Å²) in [5.41, 5.74) is 1.65. The first-order chi connectivity index (χ1) is 15.8. The minimum absolute atomic E-state index is 0.0642. The molecular weight excluding hydrogens is 433 g/mol. The molecular formula is C24H23F3N4O2. The SMILES string of the molecule is COC(C)c1ccc(C(=O)Nc2c(-c3ccccc3F)ccnc2N2CCC(F)(F)C2)cn1.